The fraction of sp³-hybridized carbons (Fsp3) is 0.100. The Morgan fingerprint density at radius 2 is 2.10 bits per heavy atom. The van der Waals surface area contributed by atoms with Crippen LogP contribution in [0.3, 0.4) is 0 Å². The topological polar surface area (TPSA) is 96.7 Å². The van der Waals surface area contributed by atoms with Crippen LogP contribution in [-0.2, 0) is 6.18 Å². The number of halogens is 4. The maximum atomic E-state index is 12.9. The van der Waals surface area contributed by atoms with E-state index in [2.05, 4.69) is 36.4 Å². The van der Waals surface area contributed by atoms with Crippen molar-refractivity contribution in [1.29, 1.82) is 0 Å². The summed E-state index contributed by atoms with van der Waals surface area (Å²) in [7, 11) is 0. The number of nitrogens with one attached hydrogen (secondary N) is 2. The number of nitrogen functional groups attached to an aromatic ring is 1. The molecule has 0 fully saturated rings. The number of carbonyl (C=O) groups excluding carboxylic acids is 1. The van der Waals surface area contributed by atoms with Crippen LogP contribution in [0.15, 0.2) is 22.7 Å². The molecule has 0 unspecified atom stereocenters. The number of hydrogen-bond donors (Lipinski definition) is 3. The second kappa shape index (κ2) is 5.12. The lowest BCUT2D eigenvalue weighted by molar-refractivity contribution is -0.136. The fourth-order valence-corrected chi connectivity index (χ4v) is 1.78. The average Bonchev–Trinajstić information content (AvgIpc) is 2.77. The van der Waals surface area contributed by atoms with Crippen LogP contribution in [0.1, 0.15) is 16.2 Å². The van der Waals surface area contributed by atoms with Gasteiger partial charge in [0.25, 0.3) is 5.91 Å². The molecule has 0 spiro atoms. The van der Waals surface area contributed by atoms with Gasteiger partial charge in [-0.25, -0.2) is 0 Å². The Labute approximate surface area is 118 Å². The Hall–Kier alpha value is -2.10. The van der Waals surface area contributed by atoms with Crippen LogP contribution in [0.2, 0.25) is 0 Å². The first kappa shape index (κ1) is 14.3. The molecule has 1 heterocycles. The third-order valence-electron chi connectivity index (χ3n) is 2.25. The molecule has 0 atom stereocenters. The molecule has 2 rings (SSSR count). The number of amides is 1. The summed E-state index contributed by atoms with van der Waals surface area (Å²) < 4.78 is 38.8. The van der Waals surface area contributed by atoms with E-state index >= 15 is 0 Å². The number of carbonyl (C=O) groups is 1. The summed E-state index contributed by atoms with van der Waals surface area (Å²) in [4.78, 5) is 15.2. The maximum absolute atomic E-state index is 12.9. The summed E-state index contributed by atoms with van der Waals surface area (Å²) in [5, 5.41) is 7.73. The van der Waals surface area contributed by atoms with Crippen molar-refractivity contribution in [3.8, 4) is 0 Å². The van der Waals surface area contributed by atoms with Crippen LogP contribution in [0, 0.1) is 0 Å². The first-order chi connectivity index (χ1) is 9.27. The Bertz CT molecular complexity index is 655. The predicted molar refractivity (Wildman–Crippen MR) is 67.9 cm³/mol. The van der Waals surface area contributed by atoms with Gasteiger partial charge in [-0.1, -0.05) is 15.9 Å². The summed E-state index contributed by atoms with van der Waals surface area (Å²) in [6.45, 7) is 0. The molecule has 0 saturated heterocycles. The highest BCUT2D eigenvalue weighted by Gasteiger charge is 2.34. The van der Waals surface area contributed by atoms with Gasteiger partial charge in [-0.15, -0.1) is 5.10 Å². The molecule has 0 aliphatic rings. The van der Waals surface area contributed by atoms with Crippen molar-refractivity contribution in [2.75, 3.05) is 11.1 Å². The largest absolute Gasteiger partial charge is 0.418 e. The van der Waals surface area contributed by atoms with Gasteiger partial charge in [-0.2, -0.15) is 18.2 Å². The molecular formula is C10H7BrF3N5O. The van der Waals surface area contributed by atoms with Crippen LogP contribution in [0.5, 0.6) is 0 Å². The van der Waals surface area contributed by atoms with Crippen LogP contribution < -0.4 is 11.1 Å². The lowest BCUT2D eigenvalue weighted by atomic mass is 10.1. The van der Waals surface area contributed by atoms with E-state index in [-0.39, 0.29) is 21.9 Å². The molecule has 4 N–H and O–H groups in total. The number of anilines is 2. The molecule has 1 amide bonds. The number of benzene rings is 1. The second-order valence-electron chi connectivity index (χ2n) is 3.68. The van der Waals surface area contributed by atoms with Gasteiger partial charge in [-0.3, -0.25) is 9.89 Å². The number of aromatic amines is 1. The molecule has 10 heteroatoms. The van der Waals surface area contributed by atoms with Crippen molar-refractivity contribution in [3.63, 3.8) is 0 Å². The number of H-pyrrole nitrogens is 1. The molecule has 0 aliphatic carbocycles. The standard InChI is InChI=1S/C10H7BrF3N5O/c11-4-1-2-6(5(3-4)10(12,13)14)16-8(20)7-17-9(15)19-18-7/h1-3H,(H,16,20)(H3,15,17,18,19). The summed E-state index contributed by atoms with van der Waals surface area (Å²) in [5.74, 6) is -1.33. The van der Waals surface area contributed by atoms with Gasteiger partial charge in [0.2, 0.25) is 11.8 Å². The van der Waals surface area contributed by atoms with E-state index < -0.39 is 17.6 Å². The summed E-state index contributed by atoms with van der Waals surface area (Å²) in [6.07, 6.45) is -4.60. The summed E-state index contributed by atoms with van der Waals surface area (Å²) in [6, 6.07) is 3.37. The van der Waals surface area contributed by atoms with Gasteiger partial charge in [0.05, 0.1) is 11.3 Å². The predicted octanol–water partition coefficient (Wildman–Crippen LogP) is 2.42. The average molecular weight is 350 g/mol. The molecule has 6 nitrogen and oxygen atoms in total. The summed E-state index contributed by atoms with van der Waals surface area (Å²) >= 11 is 2.95. The van der Waals surface area contributed by atoms with Gasteiger partial charge in [-0.05, 0) is 18.2 Å². The van der Waals surface area contributed by atoms with Gasteiger partial charge < -0.3 is 11.1 Å². The number of alkyl halides is 3. The molecule has 2 aromatic rings. The van der Waals surface area contributed by atoms with Crippen LogP contribution in [-0.4, -0.2) is 21.1 Å². The molecule has 106 valence electrons. The molecule has 0 aliphatic heterocycles. The van der Waals surface area contributed by atoms with Crippen LogP contribution in [0.25, 0.3) is 0 Å². The maximum Gasteiger partial charge on any atom is 0.418 e. The van der Waals surface area contributed by atoms with E-state index in [9.17, 15) is 18.0 Å². The minimum absolute atomic E-state index is 0.179. The van der Waals surface area contributed by atoms with Gasteiger partial charge in [0, 0.05) is 4.47 Å². The third kappa shape index (κ3) is 3.07. The highest BCUT2D eigenvalue weighted by Crippen LogP contribution is 2.36. The molecule has 1 aromatic carbocycles. The lowest BCUT2D eigenvalue weighted by Crippen LogP contribution is -2.18. The van der Waals surface area contributed by atoms with Crippen LogP contribution >= 0.6 is 15.9 Å². The molecule has 0 saturated carbocycles. The highest BCUT2D eigenvalue weighted by molar-refractivity contribution is 9.10. The molecule has 20 heavy (non-hydrogen) atoms. The van der Waals surface area contributed by atoms with Crippen molar-refractivity contribution in [2.45, 2.75) is 6.18 Å². The molecular weight excluding hydrogens is 343 g/mol. The number of hydrogen-bond acceptors (Lipinski definition) is 4. The first-order valence-corrected chi connectivity index (χ1v) is 5.92. The third-order valence-corrected chi connectivity index (χ3v) is 2.75. The second-order valence-corrected chi connectivity index (χ2v) is 4.60. The number of nitrogens with zero attached hydrogens (tertiary/aromatic N) is 2. The minimum Gasteiger partial charge on any atom is -0.366 e. The minimum atomic E-state index is -4.60. The Balaban J connectivity index is 2.32. The monoisotopic (exact) mass is 349 g/mol. The van der Waals surface area contributed by atoms with E-state index in [1.165, 1.54) is 6.07 Å². The Morgan fingerprint density at radius 3 is 2.65 bits per heavy atom. The normalized spacial score (nSPS) is 11.4. The van der Waals surface area contributed by atoms with E-state index in [0.29, 0.717) is 0 Å². The zero-order valence-electron chi connectivity index (χ0n) is 9.62. The number of rotatable bonds is 2. The SMILES string of the molecule is Nc1n[nH]c(C(=O)Nc2ccc(Br)cc2C(F)(F)F)n1. The number of aromatic nitrogens is 3. The molecule has 0 bridgehead atoms. The highest BCUT2D eigenvalue weighted by atomic mass is 79.9. The molecule has 1 aromatic heterocycles. The Morgan fingerprint density at radius 1 is 1.40 bits per heavy atom. The van der Waals surface area contributed by atoms with Gasteiger partial charge in [0.1, 0.15) is 0 Å². The van der Waals surface area contributed by atoms with Crippen molar-refractivity contribution in [3.05, 3.63) is 34.1 Å². The fourth-order valence-electron chi connectivity index (χ4n) is 1.42. The van der Waals surface area contributed by atoms with Gasteiger partial charge >= 0.3 is 6.18 Å². The van der Waals surface area contributed by atoms with Crippen LogP contribution in [0.4, 0.5) is 24.8 Å². The van der Waals surface area contributed by atoms with E-state index in [4.69, 9.17) is 5.73 Å². The van der Waals surface area contributed by atoms with Crippen molar-refractivity contribution in [1.82, 2.24) is 15.2 Å². The lowest BCUT2D eigenvalue weighted by Gasteiger charge is -2.13. The van der Waals surface area contributed by atoms with E-state index in [0.717, 1.165) is 12.1 Å². The zero-order valence-corrected chi connectivity index (χ0v) is 11.2. The van der Waals surface area contributed by atoms with Crippen molar-refractivity contribution in [2.24, 2.45) is 0 Å². The Kier molecular flexibility index (Phi) is 3.66. The quantitative estimate of drug-likeness (QED) is 0.775. The van der Waals surface area contributed by atoms with Crippen molar-refractivity contribution >= 4 is 33.5 Å². The van der Waals surface area contributed by atoms with Crippen molar-refractivity contribution < 1.29 is 18.0 Å². The summed E-state index contributed by atoms with van der Waals surface area (Å²) in [5.41, 5.74) is 3.84. The molecule has 0 radical (unpaired) electrons. The van der Waals surface area contributed by atoms with E-state index in [1.807, 2.05) is 0 Å². The number of nitrogens with two attached hydrogens (primary N) is 1. The van der Waals surface area contributed by atoms with Gasteiger partial charge in [0.15, 0.2) is 0 Å². The zero-order chi connectivity index (χ0) is 14.9. The smallest absolute Gasteiger partial charge is 0.366 e. The first-order valence-electron chi connectivity index (χ1n) is 5.13. The van der Waals surface area contributed by atoms with E-state index in [1.54, 1.807) is 0 Å².